The summed E-state index contributed by atoms with van der Waals surface area (Å²) in [6.45, 7) is 0.438. The number of carbonyl (C=O) groups is 6. The van der Waals surface area contributed by atoms with Crippen LogP contribution in [-0.2, 0) is 38.4 Å². The normalized spacial score (nSPS) is 18.3. The second-order valence-corrected chi connectivity index (χ2v) is 7.61. The Hall–Kier alpha value is -3.02. The number of rotatable bonds is 13. The monoisotopic (exact) mass is 455 g/mol. The fourth-order valence-electron chi connectivity index (χ4n) is 3.16. The quantitative estimate of drug-likeness (QED) is 0.293. The van der Waals surface area contributed by atoms with Crippen molar-refractivity contribution in [3.8, 4) is 0 Å². The summed E-state index contributed by atoms with van der Waals surface area (Å²) in [6.07, 6.45) is 2.42. The molecule has 0 saturated carbocycles. The Morgan fingerprint density at radius 3 is 2.03 bits per heavy atom. The van der Waals surface area contributed by atoms with Crippen LogP contribution >= 0.6 is 0 Å². The Bertz CT molecular complexity index is 724. The number of amides is 4. The van der Waals surface area contributed by atoms with Crippen molar-refractivity contribution < 1.29 is 43.5 Å². The summed E-state index contributed by atoms with van der Waals surface area (Å²) in [5, 5.41) is 13.5. The van der Waals surface area contributed by atoms with Gasteiger partial charge in [0.15, 0.2) is 6.23 Å². The zero-order valence-corrected chi connectivity index (χ0v) is 17.9. The van der Waals surface area contributed by atoms with Gasteiger partial charge in [-0.05, 0) is 25.7 Å². The second kappa shape index (κ2) is 12.7. The van der Waals surface area contributed by atoms with Crippen LogP contribution in [0.1, 0.15) is 77.0 Å². The Morgan fingerprint density at radius 1 is 0.812 bits per heavy atom. The maximum absolute atomic E-state index is 11.8. The van der Waals surface area contributed by atoms with Crippen LogP contribution < -0.4 is 5.32 Å². The molecule has 2 rings (SSSR count). The highest BCUT2D eigenvalue weighted by molar-refractivity contribution is 6.01. The molecule has 1 unspecified atom stereocenters. The van der Waals surface area contributed by atoms with Crippen LogP contribution in [0.25, 0.3) is 0 Å². The molecular weight excluding hydrogens is 426 g/mol. The first-order valence-corrected chi connectivity index (χ1v) is 10.8. The molecule has 2 aliphatic rings. The van der Waals surface area contributed by atoms with Crippen LogP contribution in [-0.4, -0.2) is 63.6 Å². The molecule has 2 saturated heterocycles. The van der Waals surface area contributed by atoms with Crippen LogP contribution in [0.3, 0.4) is 0 Å². The molecule has 2 fully saturated rings. The molecule has 12 nitrogen and oxygen atoms in total. The van der Waals surface area contributed by atoms with E-state index in [4.69, 9.17) is 9.68 Å². The maximum atomic E-state index is 11.8. The summed E-state index contributed by atoms with van der Waals surface area (Å²) in [5.41, 5.74) is 0. The van der Waals surface area contributed by atoms with Gasteiger partial charge in [0, 0.05) is 51.5 Å². The van der Waals surface area contributed by atoms with Crippen LogP contribution in [0.15, 0.2) is 0 Å². The minimum Gasteiger partial charge on any atom is -0.370 e. The van der Waals surface area contributed by atoms with Crippen molar-refractivity contribution in [1.29, 1.82) is 0 Å². The van der Waals surface area contributed by atoms with Gasteiger partial charge >= 0.3 is 11.9 Å². The molecular formula is C20H29N3O9. The number of imide groups is 1. The number of aliphatic hydroxyl groups excluding tert-OH is 1. The summed E-state index contributed by atoms with van der Waals surface area (Å²) in [5.74, 6) is -2.88. The van der Waals surface area contributed by atoms with E-state index >= 15 is 0 Å². The first kappa shape index (κ1) is 25.2. The van der Waals surface area contributed by atoms with Crippen LogP contribution in [0.5, 0.6) is 0 Å². The highest BCUT2D eigenvalue weighted by Gasteiger charge is 2.33. The minimum absolute atomic E-state index is 0.0362. The van der Waals surface area contributed by atoms with Crippen LogP contribution in [0.4, 0.5) is 0 Å². The molecule has 0 aromatic heterocycles. The van der Waals surface area contributed by atoms with Crippen molar-refractivity contribution in [2.75, 3.05) is 6.54 Å². The highest BCUT2D eigenvalue weighted by atomic mass is 16.7. The number of nitrogens with zero attached hydrogens (tertiary/aromatic N) is 2. The third kappa shape index (κ3) is 8.25. The predicted molar refractivity (Wildman–Crippen MR) is 105 cm³/mol. The van der Waals surface area contributed by atoms with Gasteiger partial charge in [0.2, 0.25) is 5.91 Å². The summed E-state index contributed by atoms with van der Waals surface area (Å²) in [7, 11) is 0. The lowest BCUT2D eigenvalue weighted by Crippen LogP contribution is -2.35. The number of nitrogens with one attached hydrogen (secondary N) is 1. The van der Waals surface area contributed by atoms with Crippen molar-refractivity contribution >= 4 is 35.6 Å². The van der Waals surface area contributed by atoms with Crippen LogP contribution in [0.2, 0.25) is 0 Å². The zero-order valence-electron chi connectivity index (χ0n) is 17.9. The van der Waals surface area contributed by atoms with E-state index in [0.29, 0.717) is 48.8 Å². The van der Waals surface area contributed by atoms with E-state index in [0.717, 1.165) is 0 Å². The van der Waals surface area contributed by atoms with E-state index < -0.39 is 35.9 Å². The van der Waals surface area contributed by atoms with E-state index in [1.807, 2.05) is 0 Å². The molecule has 4 amide bonds. The molecule has 2 heterocycles. The SMILES string of the molecule is O=C(CCCCC(=O)ON1C(=O)CCC1O)NCCCCCC(=O)ON1C(=O)CCC1=O. The molecule has 2 N–H and O–H groups in total. The zero-order chi connectivity index (χ0) is 23.5. The number of aliphatic hydroxyl groups is 1. The lowest BCUT2D eigenvalue weighted by molar-refractivity contribution is -0.220. The number of unbranched alkanes of at least 4 members (excludes halogenated alkanes) is 3. The molecule has 0 spiro atoms. The van der Waals surface area contributed by atoms with Crippen molar-refractivity contribution in [3.05, 3.63) is 0 Å². The number of hydroxylamine groups is 4. The van der Waals surface area contributed by atoms with Gasteiger partial charge in [-0.1, -0.05) is 6.42 Å². The van der Waals surface area contributed by atoms with E-state index in [9.17, 15) is 33.9 Å². The van der Waals surface area contributed by atoms with Crippen molar-refractivity contribution in [2.45, 2.75) is 83.3 Å². The van der Waals surface area contributed by atoms with E-state index in [2.05, 4.69) is 5.32 Å². The standard InChI is InChI=1S/C20H29N3O9/c24-14(6-3-4-8-20(30)32-23-17(27)11-12-18(23)28)21-13-5-1-2-7-19(29)31-22-15(25)9-10-16(22)26/h17,27H,1-13H2,(H,21,24). The molecule has 2 aliphatic heterocycles. The number of hydrogen-bond donors (Lipinski definition) is 2. The van der Waals surface area contributed by atoms with Crippen molar-refractivity contribution in [3.63, 3.8) is 0 Å². The van der Waals surface area contributed by atoms with E-state index in [1.165, 1.54) is 0 Å². The average molecular weight is 455 g/mol. The fourth-order valence-corrected chi connectivity index (χ4v) is 3.16. The smallest absolute Gasteiger partial charge is 0.333 e. The predicted octanol–water partition coefficient (Wildman–Crippen LogP) is 0.230. The Morgan fingerprint density at radius 2 is 1.41 bits per heavy atom. The molecule has 1 atom stereocenters. The highest BCUT2D eigenvalue weighted by Crippen LogP contribution is 2.17. The Labute approximate surface area is 185 Å². The molecule has 0 radical (unpaired) electrons. The van der Waals surface area contributed by atoms with Gasteiger partial charge in [-0.25, -0.2) is 9.59 Å². The first-order chi connectivity index (χ1) is 15.3. The average Bonchev–Trinajstić information content (AvgIpc) is 3.24. The molecule has 0 aromatic rings. The van der Waals surface area contributed by atoms with Gasteiger partial charge in [-0.3, -0.25) is 19.2 Å². The van der Waals surface area contributed by atoms with Gasteiger partial charge in [-0.15, -0.1) is 10.1 Å². The Balaban J connectivity index is 1.43. The summed E-state index contributed by atoms with van der Waals surface area (Å²) < 4.78 is 0. The Kier molecular flexibility index (Phi) is 10.1. The first-order valence-electron chi connectivity index (χ1n) is 10.8. The van der Waals surface area contributed by atoms with E-state index in [1.54, 1.807) is 0 Å². The van der Waals surface area contributed by atoms with Crippen molar-refractivity contribution in [2.24, 2.45) is 0 Å². The van der Waals surface area contributed by atoms with Crippen LogP contribution in [0, 0.1) is 0 Å². The number of carbonyl (C=O) groups excluding carboxylic acids is 6. The number of hydrogen-bond acceptors (Lipinski definition) is 9. The van der Waals surface area contributed by atoms with E-state index in [-0.39, 0.29) is 50.9 Å². The van der Waals surface area contributed by atoms with Gasteiger partial charge in [0.05, 0.1) is 0 Å². The molecule has 0 aromatic carbocycles. The fraction of sp³-hybridized carbons (Fsp3) is 0.700. The molecule has 12 heteroatoms. The summed E-state index contributed by atoms with van der Waals surface area (Å²) >= 11 is 0. The molecule has 32 heavy (non-hydrogen) atoms. The summed E-state index contributed by atoms with van der Waals surface area (Å²) in [4.78, 5) is 78.9. The minimum atomic E-state index is -1.10. The lowest BCUT2D eigenvalue weighted by Gasteiger charge is -2.18. The maximum Gasteiger partial charge on any atom is 0.333 e. The second-order valence-electron chi connectivity index (χ2n) is 7.61. The lowest BCUT2D eigenvalue weighted by atomic mass is 10.1. The molecule has 0 aliphatic carbocycles. The van der Waals surface area contributed by atoms with Gasteiger partial charge in [0.25, 0.3) is 17.7 Å². The largest absolute Gasteiger partial charge is 0.370 e. The molecule has 178 valence electrons. The third-order valence-electron chi connectivity index (χ3n) is 4.95. The molecule has 0 bridgehead atoms. The van der Waals surface area contributed by atoms with Gasteiger partial charge < -0.3 is 20.1 Å². The topological polar surface area (TPSA) is 160 Å². The van der Waals surface area contributed by atoms with Gasteiger partial charge in [-0.2, -0.15) is 0 Å². The van der Waals surface area contributed by atoms with Crippen molar-refractivity contribution in [1.82, 2.24) is 15.4 Å². The van der Waals surface area contributed by atoms with Gasteiger partial charge in [0.1, 0.15) is 0 Å². The summed E-state index contributed by atoms with van der Waals surface area (Å²) in [6, 6.07) is 0. The third-order valence-corrected chi connectivity index (χ3v) is 4.95.